The molecule has 0 amide bonds. The maximum atomic E-state index is 3.51. The first-order valence-corrected chi connectivity index (χ1v) is 4.11. The Morgan fingerprint density at radius 3 is 3.20 bits per heavy atom. The summed E-state index contributed by atoms with van der Waals surface area (Å²) in [4.78, 5) is 0. The van der Waals surface area contributed by atoms with Gasteiger partial charge in [-0.15, -0.1) is 0 Å². The van der Waals surface area contributed by atoms with Crippen LogP contribution in [-0.2, 0) is 0 Å². The second-order valence-electron chi connectivity index (χ2n) is 3.11. The molecule has 2 N–H and O–H groups in total. The minimum atomic E-state index is 0.707. The molecule has 2 heterocycles. The highest BCUT2D eigenvalue weighted by atomic mass is 15.0. The lowest BCUT2D eigenvalue weighted by atomic mass is 9.94. The second kappa shape index (κ2) is 2.62. The van der Waals surface area contributed by atoms with Gasteiger partial charge in [0.2, 0.25) is 0 Å². The molecule has 0 bridgehead atoms. The molecule has 0 saturated carbocycles. The van der Waals surface area contributed by atoms with E-state index in [1.807, 2.05) is 0 Å². The van der Waals surface area contributed by atoms with Gasteiger partial charge in [-0.3, -0.25) is 0 Å². The van der Waals surface area contributed by atoms with Crippen molar-refractivity contribution in [3.05, 3.63) is 12.3 Å². The van der Waals surface area contributed by atoms with E-state index in [1.165, 1.54) is 25.8 Å². The minimum Gasteiger partial charge on any atom is -0.387 e. The van der Waals surface area contributed by atoms with E-state index in [9.17, 15) is 0 Å². The molecule has 1 fully saturated rings. The molecule has 2 nitrogen and oxygen atoms in total. The molecule has 2 aliphatic heterocycles. The van der Waals surface area contributed by atoms with E-state index < -0.39 is 0 Å². The van der Waals surface area contributed by atoms with Crippen molar-refractivity contribution in [2.45, 2.75) is 31.3 Å². The first-order chi connectivity index (χ1) is 4.97. The van der Waals surface area contributed by atoms with Crippen molar-refractivity contribution in [2.24, 2.45) is 0 Å². The summed E-state index contributed by atoms with van der Waals surface area (Å²) < 4.78 is 0. The zero-order valence-corrected chi connectivity index (χ0v) is 6.14. The van der Waals surface area contributed by atoms with E-state index in [-0.39, 0.29) is 0 Å². The van der Waals surface area contributed by atoms with Gasteiger partial charge in [0.15, 0.2) is 0 Å². The van der Waals surface area contributed by atoms with Crippen molar-refractivity contribution >= 4 is 0 Å². The Kier molecular flexibility index (Phi) is 1.63. The average molecular weight is 138 g/mol. The summed E-state index contributed by atoms with van der Waals surface area (Å²) in [7, 11) is 0. The average Bonchev–Trinajstić information content (AvgIpc) is 2.05. The second-order valence-corrected chi connectivity index (χ2v) is 3.11. The van der Waals surface area contributed by atoms with Crippen LogP contribution in [0.4, 0.5) is 0 Å². The zero-order chi connectivity index (χ0) is 6.81. The maximum absolute atomic E-state index is 3.51. The largest absolute Gasteiger partial charge is 0.387 e. The molecule has 0 aromatic heterocycles. The summed E-state index contributed by atoms with van der Waals surface area (Å²) >= 11 is 0. The third-order valence-electron chi connectivity index (χ3n) is 2.40. The molecule has 1 saturated heterocycles. The van der Waals surface area contributed by atoms with Crippen LogP contribution in [-0.4, -0.2) is 18.6 Å². The maximum Gasteiger partial charge on any atom is 0.0412 e. The molecule has 2 aliphatic rings. The van der Waals surface area contributed by atoms with Gasteiger partial charge in [-0.25, -0.2) is 0 Å². The zero-order valence-electron chi connectivity index (χ0n) is 6.14. The minimum absolute atomic E-state index is 0.707. The Bertz CT molecular complexity index is 126. The van der Waals surface area contributed by atoms with Gasteiger partial charge in [0.1, 0.15) is 0 Å². The molecule has 2 unspecified atom stereocenters. The normalized spacial score (nSPS) is 38.4. The van der Waals surface area contributed by atoms with Crippen LogP contribution in [0.1, 0.15) is 19.3 Å². The molecule has 0 spiro atoms. The van der Waals surface area contributed by atoms with E-state index in [0.717, 1.165) is 0 Å². The number of hydrogen-bond donors (Lipinski definition) is 2. The third kappa shape index (κ3) is 1.03. The highest BCUT2D eigenvalue weighted by Gasteiger charge is 2.23. The lowest BCUT2D eigenvalue weighted by Crippen LogP contribution is -2.51. The van der Waals surface area contributed by atoms with E-state index in [2.05, 4.69) is 22.9 Å². The molecular weight excluding hydrogens is 124 g/mol. The Labute approximate surface area is 61.7 Å². The smallest absolute Gasteiger partial charge is 0.0412 e. The van der Waals surface area contributed by atoms with Gasteiger partial charge < -0.3 is 10.6 Å². The van der Waals surface area contributed by atoms with Crippen molar-refractivity contribution in [3.8, 4) is 0 Å². The summed E-state index contributed by atoms with van der Waals surface area (Å²) in [5.74, 6) is 0. The molecule has 0 aromatic carbocycles. The third-order valence-corrected chi connectivity index (χ3v) is 2.40. The van der Waals surface area contributed by atoms with Crippen LogP contribution < -0.4 is 10.6 Å². The Morgan fingerprint density at radius 2 is 2.30 bits per heavy atom. The molecular formula is C8H14N2. The van der Waals surface area contributed by atoms with Gasteiger partial charge in [-0.1, -0.05) is 6.08 Å². The summed E-state index contributed by atoms with van der Waals surface area (Å²) in [5.41, 5.74) is 0. The SMILES string of the molecule is C1=CNC2CCCNC2C1. The van der Waals surface area contributed by atoms with Crippen LogP contribution in [0.25, 0.3) is 0 Å². The number of nitrogens with one attached hydrogen (secondary N) is 2. The predicted octanol–water partition coefficient (Wildman–Crippen LogP) is 0.614. The monoisotopic (exact) mass is 138 g/mol. The summed E-state index contributed by atoms with van der Waals surface area (Å²) in [6.45, 7) is 1.21. The molecule has 0 radical (unpaired) electrons. The number of hydrogen-bond acceptors (Lipinski definition) is 2. The van der Waals surface area contributed by atoms with Crippen LogP contribution in [0.15, 0.2) is 12.3 Å². The number of piperidine rings is 1. The van der Waals surface area contributed by atoms with Crippen molar-refractivity contribution in [1.82, 2.24) is 10.6 Å². The molecule has 56 valence electrons. The van der Waals surface area contributed by atoms with E-state index in [0.29, 0.717) is 12.1 Å². The molecule has 10 heavy (non-hydrogen) atoms. The van der Waals surface area contributed by atoms with Crippen molar-refractivity contribution in [1.29, 1.82) is 0 Å². The molecule has 0 aromatic rings. The van der Waals surface area contributed by atoms with Crippen LogP contribution in [0, 0.1) is 0 Å². The quantitative estimate of drug-likeness (QED) is 0.512. The van der Waals surface area contributed by atoms with Gasteiger partial charge in [0.25, 0.3) is 0 Å². The standard InChI is InChI=1S/C8H14N2/c1-3-7-8(9-5-1)4-2-6-10-7/h1,5,7-10H,2-4,6H2. The molecule has 2 atom stereocenters. The molecule has 2 rings (SSSR count). The Morgan fingerprint density at radius 1 is 1.30 bits per heavy atom. The van der Waals surface area contributed by atoms with Crippen LogP contribution in [0.2, 0.25) is 0 Å². The van der Waals surface area contributed by atoms with Crippen LogP contribution in [0.3, 0.4) is 0 Å². The van der Waals surface area contributed by atoms with Gasteiger partial charge in [-0.2, -0.15) is 0 Å². The van der Waals surface area contributed by atoms with Gasteiger partial charge in [0, 0.05) is 12.1 Å². The van der Waals surface area contributed by atoms with Crippen molar-refractivity contribution in [2.75, 3.05) is 6.54 Å². The summed E-state index contributed by atoms with van der Waals surface area (Å²) in [6.07, 6.45) is 8.16. The number of fused-ring (bicyclic) bond motifs is 1. The van der Waals surface area contributed by atoms with Gasteiger partial charge in [-0.05, 0) is 32.0 Å². The number of rotatable bonds is 0. The van der Waals surface area contributed by atoms with Crippen molar-refractivity contribution in [3.63, 3.8) is 0 Å². The van der Waals surface area contributed by atoms with Crippen molar-refractivity contribution < 1.29 is 0 Å². The lowest BCUT2D eigenvalue weighted by molar-refractivity contribution is 0.313. The fraction of sp³-hybridized carbons (Fsp3) is 0.750. The van der Waals surface area contributed by atoms with Gasteiger partial charge >= 0.3 is 0 Å². The van der Waals surface area contributed by atoms with Gasteiger partial charge in [0.05, 0.1) is 0 Å². The van der Waals surface area contributed by atoms with Crippen LogP contribution in [0.5, 0.6) is 0 Å². The molecule has 0 aliphatic carbocycles. The van der Waals surface area contributed by atoms with E-state index in [4.69, 9.17) is 0 Å². The van der Waals surface area contributed by atoms with Crippen LogP contribution >= 0.6 is 0 Å². The highest BCUT2D eigenvalue weighted by Crippen LogP contribution is 2.14. The Hall–Kier alpha value is -0.500. The fourth-order valence-corrected chi connectivity index (χ4v) is 1.81. The molecule has 2 heteroatoms. The van der Waals surface area contributed by atoms with E-state index in [1.54, 1.807) is 0 Å². The highest BCUT2D eigenvalue weighted by molar-refractivity contribution is 5.00. The summed E-state index contributed by atoms with van der Waals surface area (Å²) in [6, 6.07) is 1.41. The first-order valence-electron chi connectivity index (χ1n) is 4.11. The Balaban J connectivity index is 2.01. The topological polar surface area (TPSA) is 24.1 Å². The van der Waals surface area contributed by atoms with E-state index >= 15 is 0 Å². The lowest BCUT2D eigenvalue weighted by Gasteiger charge is -2.34. The fourth-order valence-electron chi connectivity index (χ4n) is 1.81. The predicted molar refractivity (Wildman–Crippen MR) is 41.7 cm³/mol. The first kappa shape index (κ1) is 6.23. The summed E-state index contributed by atoms with van der Waals surface area (Å²) in [5, 5.41) is 6.89.